The van der Waals surface area contributed by atoms with Crippen LogP contribution in [0.1, 0.15) is 44.6 Å². The Kier molecular flexibility index (Phi) is 3.82. The Hall–Kier alpha value is -1.32. The number of hydrogen-bond acceptors (Lipinski definition) is 3. The SMILES string of the molecule is CC1(C)CC(=O)C2=C(C1)OC(=O)C[C@@H]2c1ccc(Cl)cc1Cl. The summed E-state index contributed by atoms with van der Waals surface area (Å²) < 4.78 is 5.36. The minimum Gasteiger partial charge on any atom is -0.431 e. The highest BCUT2D eigenvalue weighted by Crippen LogP contribution is 2.47. The van der Waals surface area contributed by atoms with Gasteiger partial charge in [0, 0.05) is 34.4 Å². The van der Waals surface area contributed by atoms with Crippen LogP contribution in [0.5, 0.6) is 0 Å². The molecule has 5 heteroatoms. The van der Waals surface area contributed by atoms with E-state index in [-0.39, 0.29) is 29.5 Å². The van der Waals surface area contributed by atoms with E-state index in [1.807, 2.05) is 13.8 Å². The number of benzene rings is 1. The number of rotatable bonds is 1. The number of carbonyl (C=O) groups excluding carboxylic acids is 2. The maximum atomic E-state index is 12.6. The van der Waals surface area contributed by atoms with E-state index in [1.165, 1.54) is 0 Å². The van der Waals surface area contributed by atoms with Gasteiger partial charge in [-0.05, 0) is 23.1 Å². The monoisotopic (exact) mass is 338 g/mol. The van der Waals surface area contributed by atoms with Crippen molar-refractivity contribution in [2.24, 2.45) is 5.41 Å². The van der Waals surface area contributed by atoms with Gasteiger partial charge in [0.1, 0.15) is 5.76 Å². The molecule has 0 N–H and O–H groups in total. The summed E-state index contributed by atoms with van der Waals surface area (Å²) in [6, 6.07) is 5.14. The van der Waals surface area contributed by atoms with E-state index in [0.29, 0.717) is 34.2 Å². The van der Waals surface area contributed by atoms with Gasteiger partial charge < -0.3 is 4.74 Å². The fourth-order valence-corrected chi connectivity index (χ4v) is 3.80. The van der Waals surface area contributed by atoms with Crippen LogP contribution in [0.3, 0.4) is 0 Å². The molecule has 0 fully saturated rings. The molecule has 1 aliphatic carbocycles. The largest absolute Gasteiger partial charge is 0.431 e. The fraction of sp³-hybridized carbons (Fsp3) is 0.412. The van der Waals surface area contributed by atoms with E-state index in [1.54, 1.807) is 18.2 Å². The van der Waals surface area contributed by atoms with Gasteiger partial charge in [-0.25, -0.2) is 0 Å². The molecule has 0 amide bonds. The maximum absolute atomic E-state index is 12.6. The van der Waals surface area contributed by atoms with Crippen molar-refractivity contribution in [1.29, 1.82) is 0 Å². The van der Waals surface area contributed by atoms with Crippen LogP contribution in [0.25, 0.3) is 0 Å². The average Bonchev–Trinajstić information content (AvgIpc) is 2.35. The highest BCUT2D eigenvalue weighted by Gasteiger charge is 2.42. The number of ether oxygens (including phenoxy) is 1. The number of esters is 1. The van der Waals surface area contributed by atoms with Gasteiger partial charge in [0.2, 0.25) is 0 Å². The lowest BCUT2D eigenvalue weighted by Gasteiger charge is -2.36. The first kappa shape index (κ1) is 15.6. The Morgan fingerprint density at radius 2 is 1.91 bits per heavy atom. The van der Waals surface area contributed by atoms with Gasteiger partial charge in [-0.15, -0.1) is 0 Å². The van der Waals surface area contributed by atoms with Gasteiger partial charge in [-0.2, -0.15) is 0 Å². The Morgan fingerprint density at radius 1 is 1.18 bits per heavy atom. The zero-order valence-electron chi connectivity index (χ0n) is 12.4. The molecule has 116 valence electrons. The number of Topliss-reactive ketones (excluding diaryl/α,β-unsaturated/α-hetero) is 1. The van der Waals surface area contributed by atoms with E-state index in [4.69, 9.17) is 27.9 Å². The summed E-state index contributed by atoms with van der Waals surface area (Å²) in [5.41, 5.74) is 1.16. The molecule has 0 saturated carbocycles. The second-order valence-corrected chi connectivity index (χ2v) is 7.52. The Morgan fingerprint density at radius 3 is 2.59 bits per heavy atom. The molecule has 0 unspecified atom stereocenters. The minimum absolute atomic E-state index is 0.0368. The van der Waals surface area contributed by atoms with Gasteiger partial charge in [-0.3, -0.25) is 9.59 Å². The van der Waals surface area contributed by atoms with Crippen LogP contribution in [0.2, 0.25) is 10.0 Å². The van der Waals surface area contributed by atoms with Crippen LogP contribution in [-0.4, -0.2) is 11.8 Å². The molecular formula is C17H16Cl2O3. The van der Waals surface area contributed by atoms with E-state index in [2.05, 4.69) is 0 Å². The predicted octanol–water partition coefficient (Wildman–Crippen LogP) is 4.67. The predicted molar refractivity (Wildman–Crippen MR) is 85.0 cm³/mol. The maximum Gasteiger partial charge on any atom is 0.311 e. The Balaban J connectivity index is 2.11. The molecule has 0 radical (unpaired) electrons. The number of carbonyl (C=O) groups is 2. The third-order valence-corrected chi connectivity index (χ3v) is 4.74. The van der Waals surface area contributed by atoms with E-state index in [9.17, 15) is 9.59 Å². The first-order valence-electron chi connectivity index (χ1n) is 7.19. The van der Waals surface area contributed by atoms with Crippen molar-refractivity contribution >= 4 is 35.0 Å². The molecule has 1 atom stereocenters. The van der Waals surface area contributed by atoms with Crippen molar-refractivity contribution in [3.05, 3.63) is 45.1 Å². The third-order valence-electron chi connectivity index (χ3n) is 4.17. The molecule has 0 bridgehead atoms. The third kappa shape index (κ3) is 2.80. The van der Waals surface area contributed by atoms with E-state index >= 15 is 0 Å². The normalized spacial score (nSPS) is 24.1. The average molecular weight is 339 g/mol. The van der Waals surface area contributed by atoms with Crippen molar-refractivity contribution in [1.82, 2.24) is 0 Å². The van der Waals surface area contributed by atoms with Crippen LogP contribution >= 0.6 is 23.2 Å². The van der Waals surface area contributed by atoms with Gasteiger partial charge in [0.15, 0.2) is 5.78 Å². The van der Waals surface area contributed by atoms with Crippen LogP contribution in [-0.2, 0) is 14.3 Å². The summed E-state index contributed by atoms with van der Waals surface area (Å²) >= 11 is 12.2. The van der Waals surface area contributed by atoms with Gasteiger partial charge in [0.25, 0.3) is 0 Å². The summed E-state index contributed by atoms with van der Waals surface area (Å²) in [5, 5.41) is 0.995. The van der Waals surface area contributed by atoms with Gasteiger partial charge >= 0.3 is 5.97 Å². The number of allylic oxidation sites excluding steroid dienone is 2. The molecule has 0 aromatic heterocycles. The van der Waals surface area contributed by atoms with Crippen LogP contribution < -0.4 is 0 Å². The highest BCUT2D eigenvalue weighted by molar-refractivity contribution is 6.35. The molecule has 3 nitrogen and oxygen atoms in total. The smallest absolute Gasteiger partial charge is 0.311 e. The number of halogens is 2. The molecule has 3 rings (SSSR count). The Labute approximate surface area is 139 Å². The Bertz CT molecular complexity index is 704. The lowest BCUT2D eigenvalue weighted by atomic mass is 9.71. The summed E-state index contributed by atoms with van der Waals surface area (Å²) in [7, 11) is 0. The number of ketones is 1. The molecule has 0 saturated heterocycles. The summed E-state index contributed by atoms with van der Waals surface area (Å²) in [5.74, 6) is -0.117. The molecule has 2 aliphatic rings. The summed E-state index contributed by atoms with van der Waals surface area (Å²) in [6.07, 6.45) is 1.17. The number of hydrogen-bond donors (Lipinski definition) is 0. The molecular weight excluding hydrogens is 323 g/mol. The zero-order chi connectivity index (χ0) is 16.1. The molecule has 1 aliphatic heterocycles. The van der Waals surface area contributed by atoms with Crippen LogP contribution in [0.15, 0.2) is 29.5 Å². The second-order valence-electron chi connectivity index (χ2n) is 6.67. The minimum atomic E-state index is -0.343. The fourth-order valence-electron chi connectivity index (χ4n) is 3.25. The van der Waals surface area contributed by atoms with Gasteiger partial charge in [-0.1, -0.05) is 43.1 Å². The van der Waals surface area contributed by atoms with Crippen molar-refractivity contribution in [2.75, 3.05) is 0 Å². The highest BCUT2D eigenvalue weighted by atomic mass is 35.5. The first-order valence-corrected chi connectivity index (χ1v) is 7.94. The second kappa shape index (κ2) is 5.39. The standard InChI is InChI=1S/C17H16Cl2O3/c1-17(2)7-13(20)16-11(6-15(21)22-14(16)8-17)10-4-3-9(18)5-12(10)19/h3-5,11H,6-8H2,1-2H3/t11-/m1/s1. The molecule has 1 heterocycles. The van der Waals surface area contributed by atoms with Crippen molar-refractivity contribution in [3.63, 3.8) is 0 Å². The van der Waals surface area contributed by atoms with E-state index < -0.39 is 0 Å². The lowest BCUT2D eigenvalue weighted by molar-refractivity contribution is -0.142. The van der Waals surface area contributed by atoms with Crippen molar-refractivity contribution < 1.29 is 14.3 Å². The molecule has 1 aromatic carbocycles. The molecule has 22 heavy (non-hydrogen) atoms. The van der Waals surface area contributed by atoms with Crippen LogP contribution in [0, 0.1) is 5.41 Å². The lowest BCUT2D eigenvalue weighted by Crippen LogP contribution is -2.34. The molecule has 0 spiro atoms. The quantitative estimate of drug-likeness (QED) is 0.699. The summed E-state index contributed by atoms with van der Waals surface area (Å²) in [6.45, 7) is 4.00. The van der Waals surface area contributed by atoms with Crippen molar-refractivity contribution in [3.8, 4) is 0 Å². The zero-order valence-corrected chi connectivity index (χ0v) is 13.9. The topological polar surface area (TPSA) is 43.4 Å². The van der Waals surface area contributed by atoms with E-state index in [0.717, 1.165) is 5.56 Å². The van der Waals surface area contributed by atoms with Gasteiger partial charge in [0.05, 0.1) is 6.42 Å². The van der Waals surface area contributed by atoms with Crippen LogP contribution in [0.4, 0.5) is 0 Å². The summed E-state index contributed by atoms with van der Waals surface area (Å²) in [4.78, 5) is 24.6. The van der Waals surface area contributed by atoms with Crippen molar-refractivity contribution in [2.45, 2.75) is 39.0 Å². The first-order chi connectivity index (χ1) is 10.3. The molecule has 1 aromatic rings.